The molecule has 0 bridgehead atoms. The first-order valence-corrected chi connectivity index (χ1v) is 6.85. The number of hydrogen-bond donors (Lipinski definition) is 4. The van der Waals surface area contributed by atoms with Crippen molar-refractivity contribution in [2.24, 2.45) is 0 Å². The van der Waals surface area contributed by atoms with Gasteiger partial charge >= 0.3 is 0 Å². The highest BCUT2D eigenvalue weighted by Gasteiger charge is 2.13. The van der Waals surface area contributed by atoms with Crippen molar-refractivity contribution in [1.82, 2.24) is 0 Å². The minimum atomic E-state index is -1.83. The van der Waals surface area contributed by atoms with Gasteiger partial charge in [-0.1, -0.05) is 0 Å². The summed E-state index contributed by atoms with van der Waals surface area (Å²) in [5.41, 5.74) is 1.07. The van der Waals surface area contributed by atoms with Gasteiger partial charge in [-0.25, -0.2) is 0 Å². The van der Waals surface area contributed by atoms with Gasteiger partial charge in [-0.3, -0.25) is 0 Å². The van der Waals surface area contributed by atoms with E-state index in [0.717, 1.165) is 0 Å². The molecule has 0 aliphatic heterocycles. The number of rotatable bonds is 4. The Labute approximate surface area is 137 Å². The number of hydrogen-bond acceptors (Lipinski definition) is 7. The second-order valence-corrected chi connectivity index (χ2v) is 5.05. The Hall–Kier alpha value is -2.94. The van der Waals surface area contributed by atoms with Crippen LogP contribution in [0.15, 0.2) is 30.3 Å². The maximum Gasteiger partial charge on any atom is 0.178 e. The van der Waals surface area contributed by atoms with Crippen LogP contribution in [0.2, 0.25) is 0 Å². The third kappa shape index (κ3) is 3.69. The van der Waals surface area contributed by atoms with Gasteiger partial charge in [0.05, 0.1) is 23.3 Å². The molecule has 0 heterocycles. The van der Waals surface area contributed by atoms with Crippen LogP contribution >= 0.6 is 0 Å². The fourth-order valence-electron chi connectivity index (χ4n) is 2.12. The summed E-state index contributed by atoms with van der Waals surface area (Å²) >= 11 is 0. The summed E-state index contributed by atoms with van der Waals surface area (Å²) in [4.78, 5) is 0. The summed E-state index contributed by atoms with van der Waals surface area (Å²) < 4.78 is 5.55. The molecule has 0 amide bonds. The maximum atomic E-state index is 9.27. The molecule has 0 aromatic heterocycles. The quantitative estimate of drug-likeness (QED) is 0.624. The first-order chi connectivity index (χ1) is 11.3. The fraction of sp³-hybridized carbons (Fsp3) is 0.176. The number of nitriles is 2. The second-order valence-electron chi connectivity index (χ2n) is 5.05. The van der Waals surface area contributed by atoms with Crippen molar-refractivity contribution in [1.29, 1.82) is 10.5 Å². The molecule has 0 saturated heterocycles. The molecule has 24 heavy (non-hydrogen) atoms. The summed E-state index contributed by atoms with van der Waals surface area (Å²) in [5, 5.41) is 55.3. The van der Waals surface area contributed by atoms with Gasteiger partial charge in [0.2, 0.25) is 0 Å². The van der Waals surface area contributed by atoms with Gasteiger partial charge in [0.25, 0.3) is 0 Å². The summed E-state index contributed by atoms with van der Waals surface area (Å²) in [6.07, 6.45) is -3.65. The average molecular weight is 326 g/mol. The van der Waals surface area contributed by atoms with E-state index in [1.807, 2.05) is 12.1 Å². The predicted octanol–water partition coefficient (Wildman–Crippen LogP) is 1.50. The Kier molecular flexibility index (Phi) is 5.14. The molecule has 0 spiro atoms. The molecule has 7 heteroatoms. The van der Waals surface area contributed by atoms with E-state index in [9.17, 15) is 20.4 Å². The molecule has 4 N–H and O–H groups in total. The molecule has 7 nitrogen and oxygen atoms in total. The maximum absolute atomic E-state index is 9.27. The predicted molar refractivity (Wildman–Crippen MR) is 81.5 cm³/mol. The minimum Gasteiger partial charge on any atom is -0.457 e. The Morgan fingerprint density at radius 3 is 1.58 bits per heavy atom. The molecule has 122 valence electrons. The van der Waals surface area contributed by atoms with E-state index in [4.69, 9.17) is 15.3 Å². The summed E-state index contributed by atoms with van der Waals surface area (Å²) in [6, 6.07) is 10.6. The van der Waals surface area contributed by atoms with E-state index in [2.05, 4.69) is 0 Å². The smallest absolute Gasteiger partial charge is 0.178 e. The van der Waals surface area contributed by atoms with Gasteiger partial charge in [0.15, 0.2) is 12.6 Å². The Morgan fingerprint density at radius 2 is 1.21 bits per heavy atom. The Balaban J connectivity index is 2.48. The summed E-state index contributed by atoms with van der Waals surface area (Å²) in [5.74, 6) is 0.289. The highest BCUT2D eigenvalue weighted by atomic mass is 16.5. The molecule has 0 unspecified atom stereocenters. The molecule has 0 aliphatic carbocycles. The highest BCUT2D eigenvalue weighted by molar-refractivity contribution is 5.53. The van der Waals surface area contributed by atoms with Crippen LogP contribution in [0, 0.1) is 29.6 Å². The lowest BCUT2D eigenvalue weighted by Crippen LogP contribution is -2.01. The summed E-state index contributed by atoms with van der Waals surface area (Å²) in [7, 11) is 0. The topological polar surface area (TPSA) is 138 Å². The van der Waals surface area contributed by atoms with Gasteiger partial charge in [-0.15, -0.1) is 0 Å². The van der Waals surface area contributed by atoms with E-state index in [1.165, 1.54) is 30.3 Å². The lowest BCUT2D eigenvalue weighted by molar-refractivity contribution is -0.0476. The Bertz CT molecular complexity index is 786. The number of benzene rings is 2. The van der Waals surface area contributed by atoms with Crippen LogP contribution in [-0.2, 0) is 0 Å². The third-order valence-corrected chi connectivity index (χ3v) is 3.41. The zero-order chi connectivity index (χ0) is 17.9. The fourth-order valence-corrected chi connectivity index (χ4v) is 2.12. The molecule has 0 fully saturated rings. The largest absolute Gasteiger partial charge is 0.457 e. The van der Waals surface area contributed by atoms with Crippen molar-refractivity contribution in [3.05, 3.63) is 58.1 Å². The second kappa shape index (κ2) is 7.09. The van der Waals surface area contributed by atoms with E-state index in [0.29, 0.717) is 5.56 Å². The molecular formula is C17H14N2O5. The van der Waals surface area contributed by atoms with Crippen LogP contribution in [0.5, 0.6) is 11.5 Å². The number of aliphatic hydroxyl groups is 4. The average Bonchev–Trinajstić information content (AvgIpc) is 2.55. The van der Waals surface area contributed by atoms with E-state index in [-0.39, 0.29) is 33.8 Å². The van der Waals surface area contributed by atoms with Crippen molar-refractivity contribution < 1.29 is 25.2 Å². The van der Waals surface area contributed by atoms with Crippen LogP contribution in [-0.4, -0.2) is 20.4 Å². The van der Waals surface area contributed by atoms with Crippen molar-refractivity contribution in [3.8, 4) is 23.6 Å². The normalized spacial score (nSPS) is 10.5. The van der Waals surface area contributed by atoms with Crippen LogP contribution < -0.4 is 4.74 Å². The molecule has 2 rings (SSSR count). The van der Waals surface area contributed by atoms with Crippen molar-refractivity contribution in [2.45, 2.75) is 19.5 Å². The van der Waals surface area contributed by atoms with Gasteiger partial charge in [0, 0.05) is 11.1 Å². The van der Waals surface area contributed by atoms with Crippen LogP contribution in [0.3, 0.4) is 0 Å². The lowest BCUT2D eigenvalue weighted by Gasteiger charge is -2.14. The van der Waals surface area contributed by atoms with Gasteiger partial charge in [0.1, 0.15) is 11.5 Å². The van der Waals surface area contributed by atoms with Crippen molar-refractivity contribution >= 4 is 0 Å². The van der Waals surface area contributed by atoms with E-state index < -0.39 is 12.6 Å². The third-order valence-electron chi connectivity index (χ3n) is 3.41. The van der Waals surface area contributed by atoms with Gasteiger partial charge < -0.3 is 25.2 Å². The van der Waals surface area contributed by atoms with E-state index >= 15 is 0 Å². The van der Waals surface area contributed by atoms with E-state index in [1.54, 1.807) is 6.92 Å². The zero-order valence-corrected chi connectivity index (χ0v) is 12.6. The molecule has 0 atom stereocenters. The SMILES string of the molecule is Cc1c(C#N)cc(Oc2cc(C(O)O)cc(C(O)O)c2)cc1C#N. The number of nitrogens with zero attached hydrogens (tertiary/aromatic N) is 2. The summed E-state index contributed by atoms with van der Waals surface area (Å²) in [6.45, 7) is 1.64. The minimum absolute atomic E-state index is 0.00345. The standard InChI is InChI=1S/C17H14N2O5/c1-9-12(7-18)5-15(6-13(9)8-19)24-14-3-10(16(20)21)2-11(4-14)17(22)23/h2-6,16-17,20-23H,1H3. The van der Waals surface area contributed by atoms with Crippen molar-refractivity contribution in [3.63, 3.8) is 0 Å². The Morgan fingerprint density at radius 1 is 0.792 bits per heavy atom. The van der Waals surface area contributed by atoms with Crippen LogP contribution in [0.1, 0.15) is 40.4 Å². The molecule has 0 saturated carbocycles. The van der Waals surface area contributed by atoms with Crippen LogP contribution in [0.4, 0.5) is 0 Å². The molecule has 0 radical (unpaired) electrons. The molecule has 0 aliphatic rings. The first kappa shape index (κ1) is 17.4. The number of ether oxygens (including phenoxy) is 1. The molecule has 2 aromatic carbocycles. The van der Waals surface area contributed by atoms with Crippen LogP contribution in [0.25, 0.3) is 0 Å². The van der Waals surface area contributed by atoms with Crippen molar-refractivity contribution in [2.75, 3.05) is 0 Å². The van der Waals surface area contributed by atoms with Gasteiger partial charge in [-0.05, 0) is 42.8 Å². The highest BCUT2D eigenvalue weighted by Crippen LogP contribution is 2.30. The number of aliphatic hydroxyl groups excluding tert-OH is 2. The monoisotopic (exact) mass is 326 g/mol. The van der Waals surface area contributed by atoms with Gasteiger partial charge in [-0.2, -0.15) is 10.5 Å². The zero-order valence-electron chi connectivity index (χ0n) is 12.6. The lowest BCUT2D eigenvalue weighted by atomic mass is 10.0. The first-order valence-electron chi connectivity index (χ1n) is 6.85. The molecule has 2 aromatic rings. The molecular weight excluding hydrogens is 312 g/mol.